The second-order valence-electron chi connectivity index (χ2n) is 10.6. The molecule has 1 aliphatic carbocycles. The number of imidazole rings is 1. The molecule has 2 atom stereocenters. The van der Waals surface area contributed by atoms with E-state index in [-0.39, 0.29) is 17.9 Å². The minimum Gasteiger partial charge on any atom is -0.496 e. The lowest BCUT2D eigenvalue weighted by Gasteiger charge is -2.40. The molecule has 0 spiro atoms. The Morgan fingerprint density at radius 1 is 1.22 bits per heavy atom. The Balaban J connectivity index is 1.80. The van der Waals surface area contributed by atoms with Crippen LogP contribution in [0, 0.1) is 11.3 Å². The third-order valence-electron chi connectivity index (χ3n) is 6.90. The van der Waals surface area contributed by atoms with Crippen LogP contribution in [0.1, 0.15) is 63.6 Å². The molecule has 2 N–H and O–H groups in total. The van der Waals surface area contributed by atoms with E-state index in [1.165, 1.54) is 12.1 Å². The van der Waals surface area contributed by atoms with E-state index in [0.29, 0.717) is 35.2 Å². The number of aliphatic carboxylic acids is 1. The van der Waals surface area contributed by atoms with Crippen LogP contribution >= 0.6 is 0 Å². The largest absolute Gasteiger partial charge is 0.496 e. The van der Waals surface area contributed by atoms with Gasteiger partial charge in [-0.3, -0.25) is 4.79 Å². The number of benzene rings is 2. The second-order valence-corrected chi connectivity index (χ2v) is 10.6. The number of aryl methyl sites for hydroxylation is 1. The zero-order chi connectivity index (χ0) is 26.3. The molecule has 0 amide bonds. The minimum absolute atomic E-state index is 0.0342. The van der Waals surface area contributed by atoms with Crippen molar-refractivity contribution >= 4 is 28.6 Å². The Morgan fingerprint density at radius 3 is 2.50 bits per heavy atom. The van der Waals surface area contributed by atoms with E-state index in [2.05, 4.69) is 30.7 Å². The Bertz CT molecular complexity index is 1250. The predicted molar refractivity (Wildman–Crippen MR) is 133 cm³/mol. The second kappa shape index (κ2) is 9.67. The molecule has 9 heteroatoms. The number of anilines is 2. The average molecular weight is 504 g/mol. The molecular weight excluding hydrogens is 471 g/mol. The SMILES string of the molecule is COc1cc2c(cc1CCC(=O)O)nc(Nc1ccc(C(F)(F)F)cc1)n2[C@H]1C[C@@H](C)CC(C)(C)C1. The molecule has 1 fully saturated rings. The first kappa shape index (κ1) is 25.9. The van der Waals surface area contributed by atoms with Crippen molar-refractivity contribution in [3.8, 4) is 5.75 Å². The van der Waals surface area contributed by atoms with Gasteiger partial charge in [0, 0.05) is 24.2 Å². The van der Waals surface area contributed by atoms with Gasteiger partial charge >= 0.3 is 12.1 Å². The van der Waals surface area contributed by atoms with Crippen LogP contribution in [0.25, 0.3) is 11.0 Å². The summed E-state index contributed by atoms with van der Waals surface area (Å²) in [4.78, 5) is 16.0. The molecule has 0 unspecified atom stereocenters. The van der Waals surface area contributed by atoms with Gasteiger partial charge in [0.2, 0.25) is 5.95 Å². The summed E-state index contributed by atoms with van der Waals surface area (Å²) >= 11 is 0. The number of alkyl halides is 3. The standard InChI is InChI=1S/C27H32F3N3O3/c1-16-11-20(15-26(2,3)14-16)33-22-13-23(36-4)17(5-10-24(34)35)12-21(22)32-25(33)31-19-8-6-18(7-9-19)27(28,29)30/h6-9,12-13,16,20H,5,10-11,14-15H2,1-4H3,(H,31,32)(H,34,35)/t16-,20+/m1/s1. The number of carbonyl (C=O) groups is 1. The van der Waals surface area contributed by atoms with Gasteiger partial charge in [0.05, 0.1) is 23.7 Å². The maximum Gasteiger partial charge on any atom is 0.416 e. The molecular formula is C27H32F3N3O3. The van der Waals surface area contributed by atoms with Gasteiger partial charge < -0.3 is 19.7 Å². The number of halogens is 3. The number of aromatic nitrogens is 2. The first-order chi connectivity index (χ1) is 16.9. The highest BCUT2D eigenvalue weighted by Crippen LogP contribution is 2.46. The van der Waals surface area contributed by atoms with E-state index in [1.54, 1.807) is 7.11 Å². The van der Waals surface area contributed by atoms with Crippen molar-refractivity contribution < 1.29 is 27.8 Å². The number of rotatable bonds is 7. The van der Waals surface area contributed by atoms with Crippen molar-refractivity contribution in [2.45, 2.75) is 65.1 Å². The van der Waals surface area contributed by atoms with Crippen LogP contribution in [0.2, 0.25) is 0 Å². The maximum atomic E-state index is 13.0. The van der Waals surface area contributed by atoms with E-state index >= 15 is 0 Å². The molecule has 2 aromatic carbocycles. The monoisotopic (exact) mass is 503 g/mol. The molecule has 1 saturated carbocycles. The van der Waals surface area contributed by atoms with Crippen LogP contribution in [-0.2, 0) is 17.4 Å². The third-order valence-corrected chi connectivity index (χ3v) is 6.90. The smallest absolute Gasteiger partial charge is 0.416 e. The van der Waals surface area contributed by atoms with Crippen LogP contribution in [0.3, 0.4) is 0 Å². The fraction of sp³-hybridized carbons (Fsp3) is 0.481. The molecule has 1 aliphatic rings. The lowest BCUT2D eigenvalue weighted by Crippen LogP contribution is -2.29. The van der Waals surface area contributed by atoms with Crippen molar-refractivity contribution in [2.75, 3.05) is 12.4 Å². The molecule has 0 aliphatic heterocycles. The predicted octanol–water partition coefficient (Wildman–Crippen LogP) is 7.21. The van der Waals surface area contributed by atoms with Crippen LogP contribution in [0.5, 0.6) is 5.75 Å². The summed E-state index contributed by atoms with van der Waals surface area (Å²) in [6.45, 7) is 6.74. The van der Waals surface area contributed by atoms with Gasteiger partial charge in [-0.05, 0) is 72.9 Å². The maximum absolute atomic E-state index is 13.0. The summed E-state index contributed by atoms with van der Waals surface area (Å²) in [6.07, 6.45) is -1.16. The highest BCUT2D eigenvalue weighted by molar-refractivity contribution is 5.83. The number of carboxylic acid groups (broad SMARTS) is 1. The van der Waals surface area contributed by atoms with E-state index in [9.17, 15) is 18.0 Å². The summed E-state index contributed by atoms with van der Waals surface area (Å²) in [5.41, 5.74) is 2.18. The van der Waals surface area contributed by atoms with E-state index in [0.717, 1.165) is 42.5 Å². The van der Waals surface area contributed by atoms with Gasteiger partial charge in [-0.1, -0.05) is 20.8 Å². The van der Waals surface area contributed by atoms with Gasteiger partial charge in [-0.2, -0.15) is 13.2 Å². The fourth-order valence-electron chi connectivity index (χ4n) is 5.61. The molecule has 3 aromatic rings. The van der Waals surface area contributed by atoms with Gasteiger partial charge in [0.1, 0.15) is 5.75 Å². The van der Waals surface area contributed by atoms with Crippen LogP contribution in [-0.4, -0.2) is 27.7 Å². The number of ether oxygens (including phenoxy) is 1. The van der Waals surface area contributed by atoms with Crippen molar-refractivity contribution in [1.82, 2.24) is 9.55 Å². The Kier molecular flexibility index (Phi) is 6.94. The van der Waals surface area contributed by atoms with Crippen LogP contribution < -0.4 is 10.1 Å². The number of hydrogen-bond donors (Lipinski definition) is 2. The summed E-state index contributed by atoms with van der Waals surface area (Å²) in [5, 5.41) is 12.4. The quantitative estimate of drug-likeness (QED) is 0.356. The van der Waals surface area contributed by atoms with Gasteiger partial charge in [0.15, 0.2) is 0 Å². The van der Waals surface area contributed by atoms with E-state index < -0.39 is 17.7 Å². The zero-order valence-corrected chi connectivity index (χ0v) is 20.9. The number of nitrogens with zero attached hydrogens (tertiary/aromatic N) is 2. The van der Waals surface area contributed by atoms with Crippen molar-refractivity contribution in [1.29, 1.82) is 0 Å². The van der Waals surface area contributed by atoms with Gasteiger partial charge in [-0.25, -0.2) is 4.98 Å². The third kappa shape index (κ3) is 5.60. The average Bonchev–Trinajstić information content (AvgIpc) is 3.11. The number of carboxylic acids is 1. The topological polar surface area (TPSA) is 76.4 Å². The number of nitrogens with one attached hydrogen (secondary N) is 1. The zero-order valence-electron chi connectivity index (χ0n) is 20.9. The normalized spacial score (nSPS) is 19.9. The van der Waals surface area contributed by atoms with Crippen LogP contribution in [0.15, 0.2) is 36.4 Å². The molecule has 36 heavy (non-hydrogen) atoms. The Morgan fingerprint density at radius 2 is 1.92 bits per heavy atom. The van der Waals surface area contributed by atoms with E-state index in [1.807, 2.05) is 12.1 Å². The summed E-state index contributed by atoms with van der Waals surface area (Å²) < 4.78 is 46.9. The number of hydrogen-bond acceptors (Lipinski definition) is 4. The van der Waals surface area contributed by atoms with Gasteiger partial charge in [-0.15, -0.1) is 0 Å². The highest BCUT2D eigenvalue weighted by Gasteiger charge is 2.35. The minimum atomic E-state index is -4.40. The molecule has 6 nitrogen and oxygen atoms in total. The molecule has 194 valence electrons. The van der Waals surface area contributed by atoms with Crippen molar-refractivity contribution in [3.05, 3.63) is 47.5 Å². The number of methoxy groups -OCH3 is 1. The first-order valence-electron chi connectivity index (χ1n) is 12.1. The summed E-state index contributed by atoms with van der Waals surface area (Å²) in [7, 11) is 1.55. The summed E-state index contributed by atoms with van der Waals surface area (Å²) in [5.74, 6) is 0.726. The summed E-state index contributed by atoms with van der Waals surface area (Å²) in [6, 6.07) is 8.77. The van der Waals surface area contributed by atoms with Gasteiger partial charge in [0.25, 0.3) is 0 Å². The lowest BCUT2D eigenvalue weighted by molar-refractivity contribution is -0.138. The van der Waals surface area contributed by atoms with Crippen LogP contribution in [0.4, 0.5) is 24.8 Å². The molecule has 1 aromatic heterocycles. The lowest BCUT2D eigenvalue weighted by atomic mass is 9.70. The molecule has 0 radical (unpaired) electrons. The van der Waals surface area contributed by atoms with Crippen molar-refractivity contribution in [3.63, 3.8) is 0 Å². The highest BCUT2D eigenvalue weighted by atomic mass is 19.4. The van der Waals surface area contributed by atoms with Crippen molar-refractivity contribution in [2.24, 2.45) is 11.3 Å². The Hall–Kier alpha value is -3.23. The molecule has 1 heterocycles. The van der Waals surface area contributed by atoms with E-state index in [4.69, 9.17) is 14.8 Å². The molecule has 0 saturated heterocycles. The molecule has 0 bridgehead atoms. The fourth-order valence-corrected chi connectivity index (χ4v) is 5.61. The first-order valence-corrected chi connectivity index (χ1v) is 12.1. The number of fused-ring (bicyclic) bond motifs is 1. The molecule has 4 rings (SSSR count). The Labute approximate surface area is 208 Å².